The second kappa shape index (κ2) is 20.1. The Morgan fingerprint density at radius 1 is 0.366 bits per heavy atom. The van der Waals surface area contributed by atoms with Crippen LogP contribution < -0.4 is 5.69 Å². The number of hydrogen-bond acceptors (Lipinski definition) is 1. The van der Waals surface area contributed by atoms with E-state index in [1.807, 2.05) is 57.7 Å². The predicted octanol–water partition coefficient (Wildman–Crippen LogP) is 17.2. The van der Waals surface area contributed by atoms with E-state index < -0.39 is 0 Å². The number of imidazole rings is 1. The zero-order chi connectivity index (χ0) is 47.9. The SMILES string of the molecule is C=C/C=C(\C=C/Cc1cc(-c2ccc(-c3ccccc3)cc2)cc(-n2c(=O)n(-c3cc(-c4ccc(-c5ccccc5)cc4)cc(-c4ccc(-c5ccccc5)cc4)c3)c3ccccc32)c1)c1ccccc1. The first kappa shape index (κ1) is 44.2. The lowest BCUT2D eigenvalue weighted by atomic mass is 9.95. The van der Waals surface area contributed by atoms with E-state index in [9.17, 15) is 0 Å². The van der Waals surface area contributed by atoms with Crippen molar-refractivity contribution in [3.63, 3.8) is 0 Å². The van der Waals surface area contributed by atoms with Gasteiger partial charge < -0.3 is 0 Å². The Balaban J connectivity index is 1.05. The average molecular weight is 911 g/mol. The monoisotopic (exact) mass is 910 g/mol. The van der Waals surface area contributed by atoms with E-state index in [0.717, 1.165) is 89.2 Å². The van der Waals surface area contributed by atoms with Gasteiger partial charge in [0.15, 0.2) is 0 Å². The lowest BCUT2D eigenvalue weighted by molar-refractivity contribution is 0.929. The quantitative estimate of drug-likeness (QED) is 0.106. The number of allylic oxidation sites excluding steroid dienone is 5. The van der Waals surface area contributed by atoms with Gasteiger partial charge in [-0.3, -0.25) is 9.13 Å². The summed E-state index contributed by atoms with van der Waals surface area (Å²) in [5.41, 5.74) is 19.6. The van der Waals surface area contributed by atoms with Crippen molar-refractivity contribution in [2.75, 3.05) is 0 Å². The van der Waals surface area contributed by atoms with E-state index in [1.165, 1.54) is 16.7 Å². The summed E-state index contributed by atoms with van der Waals surface area (Å²) in [4.78, 5) is 15.6. The molecule has 0 N–H and O–H groups in total. The second-order valence-electron chi connectivity index (χ2n) is 17.8. The molecule has 338 valence electrons. The molecular formula is C68H50N2O. The summed E-state index contributed by atoms with van der Waals surface area (Å²) in [5, 5.41) is 0. The van der Waals surface area contributed by atoms with Gasteiger partial charge in [-0.05, 0) is 132 Å². The molecule has 0 aliphatic heterocycles. The zero-order valence-corrected chi connectivity index (χ0v) is 39.3. The maximum atomic E-state index is 15.6. The third kappa shape index (κ3) is 9.46. The molecule has 0 aliphatic carbocycles. The highest BCUT2D eigenvalue weighted by molar-refractivity contribution is 5.85. The van der Waals surface area contributed by atoms with Crippen molar-refractivity contribution in [2.45, 2.75) is 6.42 Å². The zero-order valence-electron chi connectivity index (χ0n) is 39.3. The molecule has 11 rings (SSSR count). The van der Waals surface area contributed by atoms with Crippen molar-refractivity contribution in [3.05, 3.63) is 307 Å². The van der Waals surface area contributed by atoms with Gasteiger partial charge in [-0.25, -0.2) is 4.79 Å². The Labute approximate surface area is 415 Å². The lowest BCUT2D eigenvalue weighted by Gasteiger charge is -2.13. The summed E-state index contributed by atoms with van der Waals surface area (Å²) in [6.07, 6.45) is 8.87. The first-order chi connectivity index (χ1) is 35.1. The molecule has 0 unspecified atom stereocenters. The molecule has 0 radical (unpaired) electrons. The normalized spacial score (nSPS) is 11.6. The van der Waals surface area contributed by atoms with Crippen LogP contribution in [0, 0.1) is 0 Å². The van der Waals surface area contributed by atoms with Crippen LogP contribution in [0.5, 0.6) is 0 Å². The minimum absolute atomic E-state index is 0.147. The van der Waals surface area contributed by atoms with Crippen molar-refractivity contribution >= 4 is 16.6 Å². The number of nitrogens with zero attached hydrogens (tertiary/aromatic N) is 2. The fourth-order valence-corrected chi connectivity index (χ4v) is 9.59. The van der Waals surface area contributed by atoms with E-state index in [0.29, 0.717) is 6.42 Å². The van der Waals surface area contributed by atoms with Gasteiger partial charge in [-0.1, -0.05) is 243 Å². The topological polar surface area (TPSA) is 26.9 Å². The van der Waals surface area contributed by atoms with Gasteiger partial charge in [-0.15, -0.1) is 0 Å². The summed E-state index contributed by atoms with van der Waals surface area (Å²) in [6, 6.07) is 89.1. The number of rotatable bonds is 13. The molecule has 11 aromatic rings. The predicted molar refractivity (Wildman–Crippen MR) is 299 cm³/mol. The molecule has 3 heteroatoms. The highest BCUT2D eigenvalue weighted by atomic mass is 16.1. The van der Waals surface area contributed by atoms with Crippen LogP contribution in [0.25, 0.3) is 94.7 Å². The molecule has 3 nitrogen and oxygen atoms in total. The van der Waals surface area contributed by atoms with Gasteiger partial charge in [0.2, 0.25) is 0 Å². The second-order valence-corrected chi connectivity index (χ2v) is 17.8. The Morgan fingerprint density at radius 2 is 0.704 bits per heavy atom. The maximum Gasteiger partial charge on any atom is 0.338 e. The largest absolute Gasteiger partial charge is 0.338 e. The number of hydrogen-bond donors (Lipinski definition) is 0. The standard InChI is InChI=1S/C68H50N2O/c1-2-18-50(51-20-7-3-8-21-51)28-17-19-49-43-61(58-37-31-55(32-38-58)52-22-9-4-10-23-52)46-64(44-49)69-66-29-15-16-30-67(66)70(68(69)71)65-47-62(59-39-33-56(34-40-59)53-24-11-5-12-25-53)45-63(48-65)60-41-35-57(36-42-60)54-26-13-6-14-27-54/h2-18,20-48H,1,19H2/b28-17-,50-18+. The minimum atomic E-state index is -0.147. The summed E-state index contributed by atoms with van der Waals surface area (Å²) in [5.74, 6) is 0. The molecule has 10 aromatic carbocycles. The van der Waals surface area contributed by atoms with Crippen LogP contribution in [0.15, 0.2) is 290 Å². The molecule has 0 bridgehead atoms. The first-order valence-electron chi connectivity index (χ1n) is 24.1. The van der Waals surface area contributed by atoms with Crippen molar-refractivity contribution in [2.24, 2.45) is 0 Å². The molecular weight excluding hydrogens is 861 g/mol. The van der Waals surface area contributed by atoms with Crippen molar-refractivity contribution < 1.29 is 0 Å². The van der Waals surface area contributed by atoms with Gasteiger partial charge in [0.25, 0.3) is 0 Å². The van der Waals surface area contributed by atoms with E-state index >= 15 is 4.79 Å². The molecule has 0 amide bonds. The van der Waals surface area contributed by atoms with Crippen LogP contribution >= 0.6 is 0 Å². The van der Waals surface area contributed by atoms with Gasteiger partial charge >= 0.3 is 5.69 Å². The fraction of sp³-hybridized carbons (Fsp3) is 0.0147. The van der Waals surface area contributed by atoms with E-state index in [-0.39, 0.29) is 5.69 Å². The summed E-state index contributed by atoms with van der Waals surface area (Å²) in [6.45, 7) is 3.99. The van der Waals surface area contributed by atoms with Crippen LogP contribution in [0.4, 0.5) is 0 Å². The Bertz CT molecular complexity index is 3650. The van der Waals surface area contributed by atoms with Crippen LogP contribution in [-0.4, -0.2) is 9.13 Å². The summed E-state index contributed by atoms with van der Waals surface area (Å²) >= 11 is 0. The molecule has 1 aromatic heterocycles. The van der Waals surface area contributed by atoms with Crippen LogP contribution in [0.1, 0.15) is 11.1 Å². The minimum Gasteiger partial charge on any atom is -0.260 e. The van der Waals surface area contributed by atoms with E-state index in [1.54, 1.807) is 0 Å². The van der Waals surface area contributed by atoms with Crippen molar-refractivity contribution in [3.8, 4) is 78.1 Å². The van der Waals surface area contributed by atoms with Gasteiger partial charge in [0.1, 0.15) is 0 Å². The fourth-order valence-electron chi connectivity index (χ4n) is 9.59. The third-order valence-electron chi connectivity index (χ3n) is 13.2. The number of para-hydroxylation sites is 2. The third-order valence-corrected chi connectivity index (χ3v) is 13.2. The number of fused-ring (bicyclic) bond motifs is 1. The average Bonchev–Trinajstić information content (AvgIpc) is 3.75. The molecule has 0 spiro atoms. The molecule has 0 saturated carbocycles. The highest BCUT2D eigenvalue weighted by Gasteiger charge is 2.19. The van der Waals surface area contributed by atoms with Crippen LogP contribution in [-0.2, 0) is 6.42 Å². The molecule has 0 saturated heterocycles. The Morgan fingerprint density at radius 3 is 1.11 bits per heavy atom. The highest BCUT2D eigenvalue weighted by Crippen LogP contribution is 2.35. The molecule has 0 atom stereocenters. The molecule has 1 heterocycles. The number of benzene rings is 10. The van der Waals surface area contributed by atoms with E-state index in [4.69, 9.17) is 0 Å². The van der Waals surface area contributed by atoms with Crippen LogP contribution in [0.2, 0.25) is 0 Å². The van der Waals surface area contributed by atoms with Crippen molar-refractivity contribution in [1.82, 2.24) is 9.13 Å². The molecule has 0 aliphatic rings. The first-order valence-corrected chi connectivity index (χ1v) is 24.1. The van der Waals surface area contributed by atoms with Crippen molar-refractivity contribution in [1.29, 1.82) is 0 Å². The molecule has 0 fully saturated rings. The van der Waals surface area contributed by atoms with Gasteiger partial charge in [0, 0.05) is 0 Å². The summed E-state index contributed by atoms with van der Waals surface area (Å²) in [7, 11) is 0. The smallest absolute Gasteiger partial charge is 0.260 e. The summed E-state index contributed by atoms with van der Waals surface area (Å²) < 4.78 is 3.76. The van der Waals surface area contributed by atoms with Crippen LogP contribution in [0.3, 0.4) is 0 Å². The Hall–Kier alpha value is -9.31. The van der Waals surface area contributed by atoms with E-state index in [2.05, 4.69) is 237 Å². The molecule has 71 heavy (non-hydrogen) atoms. The van der Waals surface area contributed by atoms with Gasteiger partial charge in [-0.2, -0.15) is 0 Å². The maximum absolute atomic E-state index is 15.6. The number of aromatic nitrogens is 2. The Kier molecular flexibility index (Phi) is 12.5. The van der Waals surface area contributed by atoms with Gasteiger partial charge in [0.05, 0.1) is 22.4 Å². The lowest BCUT2D eigenvalue weighted by Crippen LogP contribution is -2.22.